The molecule has 2 aromatic rings. The third-order valence-corrected chi connectivity index (χ3v) is 6.93. The van der Waals surface area contributed by atoms with Crippen LogP contribution in [0.15, 0.2) is 24.4 Å². The van der Waals surface area contributed by atoms with Crippen LogP contribution in [-0.4, -0.2) is 33.6 Å². The number of hydrogen-bond donors (Lipinski definition) is 2. The van der Waals surface area contributed by atoms with Crippen molar-refractivity contribution in [2.45, 2.75) is 44.9 Å². The van der Waals surface area contributed by atoms with E-state index >= 15 is 0 Å². The van der Waals surface area contributed by atoms with E-state index in [9.17, 15) is 4.79 Å². The van der Waals surface area contributed by atoms with Crippen molar-refractivity contribution in [3.63, 3.8) is 0 Å². The van der Waals surface area contributed by atoms with E-state index in [0.717, 1.165) is 35.6 Å². The van der Waals surface area contributed by atoms with E-state index < -0.39 is 0 Å². The Morgan fingerprint density at radius 3 is 2.54 bits per heavy atom. The molecule has 4 saturated carbocycles. The molecular formula is C21H27N3O2. The van der Waals surface area contributed by atoms with Gasteiger partial charge in [-0.1, -0.05) is 6.07 Å². The van der Waals surface area contributed by atoms with Crippen LogP contribution in [0.2, 0.25) is 0 Å². The highest BCUT2D eigenvalue weighted by atomic mass is 16.3. The van der Waals surface area contributed by atoms with Crippen LogP contribution < -0.4 is 5.32 Å². The number of aliphatic hydroxyl groups excluding tert-OH is 1. The SMILES string of the molecule is O=C(NCC12CC3CC(CC(C3)C1)C2)c1cccc2nc(CCO)cn12. The molecule has 6 rings (SSSR count). The summed E-state index contributed by atoms with van der Waals surface area (Å²) in [6.07, 6.45) is 10.6. The van der Waals surface area contributed by atoms with E-state index in [0.29, 0.717) is 17.5 Å². The number of nitrogens with one attached hydrogen (secondary N) is 1. The van der Waals surface area contributed by atoms with Gasteiger partial charge in [0.25, 0.3) is 5.91 Å². The molecule has 0 saturated heterocycles. The number of pyridine rings is 1. The normalized spacial score (nSPS) is 32.3. The van der Waals surface area contributed by atoms with Crippen molar-refractivity contribution >= 4 is 11.6 Å². The van der Waals surface area contributed by atoms with Gasteiger partial charge >= 0.3 is 0 Å². The van der Waals surface area contributed by atoms with E-state index in [1.165, 1.54) is 38.5 Å². The molecule has 2 aromatic heterocycles. The lowest BCUT2D eigenvalue weighted by atomic mass is 9.49. The van der Waals surface area contributed by atoms with Crippen LogP contribution in [0.5, 0.6) is 0 Å². The Kier molecular flexibility index (Phi) is 3.82. The van der Waals surface area contributed by atoms with Crippen LogP contribution in [0.25, 0.3) is 5.65 Å². The molecule has 5 nitrogen and oxygen atoms in total. The summed E-state index contributed by atoms with van der Waals surface area (Å²) in [6, 6.07) is 5.63. The van der Waals surface area contributed by atoms with E-state index in [4.69, 9.17) is 5.11 Å². The highest BCUT2D eigenvalue weighted by molar-refractivity contribution is 5.93. The molecule has 2 heterocycles. The molecule has 0 radical (unpaired) electrons. The van der Waals surface area contributed by atoms with Crippen LogP contribution in [0.4, 0.5) is 0 Å². The molecule has 4 aliphatic carbocycles. The third kappa shape index (κ3) is 2.73. The standard InChI is InChI=1S/C21H27N3O2/c25-5-4-17-12-24-18(2-1-3-19(24)23-17)20(26)22-13-21-9-14-6-15(10-21)8-16(7-14)11-21/h1-3,12,14-16,25H,4-11,13H2,(H,22,26). The molecule has 0 atom stereocenters. The van der Waals surface area contributed by atoms with Gasteiger partial charge in [0, 0.05) is 25.8 Å². The van der Waals surface area contributed by atoms with Gasteiger partial charge in [0.15, 0.2) is 0 Å². The average molecular weight is 353 g/mol. The first kappa shape index (κ1) is 16.3. The molecule has 26 heavy (non-hydrogen) atoms. The van der Waals surface area contributed by atoms with Gasteiger partial charge in [-0.25, -0.2) is 4.98 Å². The summed E-state index contributed by atoms with van der Waals surface area (Å²) < 4.78 is 1.85. The minimum absolute atomic E-state index is 0.0145. The second-order valence-electron chi connectivity index (χ2n) is 8.95. The van der Waals surface area contributed by atoms with Gasteiger partial charge in [-0.15, -0.1) is 0 Å². The molecule has 0 unspecified atom stereocenters. The van der Waals surface area contributed by atoms with Crippen molar-refractivity contribution in [2.24, 2.45) is 23.2 Å². The van der Waals surface area contributed by atoms with Crippen molar-refractivity contribution in [3.05, 3.63) is 35.8 Å². The van der Waals surface area contributed by atoms with Gasteiger partial charge in [0.05, 0.1) is 5.69 Å². The summed E-state index contributed by atoms with van der Waals surface area (Å²) in [4.78, 5) is 17.4. The highest BCUT2D eigenvalue weighted by Gasteiger charge is 2.50. The Balaban J connectivity index is 1.34. The molecule has 0 spiro atoms. The Morgan fingerprint density at radius 1 is 1.19 bits per heavy atom. The third-order valence-electron chi connectivity index (χ3n) is 6.93. The fraction of sp³-hybridized carbons (Fsp3) is 0.619. The zero-order valence-corrected chi connectivity index (χ0v) is 15.2. The maximum absolute atomic E-state index is 12.9. The average Bonchev–Trinajstić information content (AvgIpc) is 3.01. The van der Waals surface area contributed by atoms with Gasteiger partial charge in [-0.05, 0) is 73.8 Å². The summed E-state index contributed by atoms with van der Waals surface area (Å²) >= 11 is 0. The minimum Gasteiger partial charge on any atom is -0.396 e. The predicted octanol–water partition coefficient (Wildman–Crippen LogP) is 2.82. The zero-order valence-electron chi connectivity index (χ0n) is 15.2. The second kappa shape index (κ2) is 6.08. The van der Waals surface area contributed by atoms with Crippen LogP contribution in [0.3, 0.4) is 0 Å². The van der Waals surface area contributed by atoms with Crippen LogP contribution in [0, 0.1) is 23.2 Å². The molecule has 2 N–H and O–H groups in total. The van der Waals surface area contributed by atoms with Crippen molar-refractivity contribution < 1.29 is 9.90 Å². The number of nitrogens with zero attached hydrogens (tertiary/aromatic N) is 2. The van der Waals surface area contributed by atoms with Gasteiger partial charge in [0.1, 0.15) is 11.3 Å². The number of imidazole rings is 1. The first-order valence-corrected chi connectivity index (χ1v) is 10.0. The van der Waals surface area contributed by atoms with Crippen molar-refractivity contribution in [2.75, 3.05) is 13.2 Å². The maximum atomic E-state index is 12.9. The van der Waals surface area contributed by atoms with Gasteiger partial charge < -0.3 is 10.4 Å². The molecule has 0 aromatic carbocycles. The molecule has 0 aliphatic heterocycles. The lowest BCUT2D eigenvalue weighted by Crippen LogP contribution is -2.51. The topological polar surface area (TPSA) is 66.6 Å². The van der Waals surface area contributed by atoms with Gasteiger partial charge in [-0.2, -0.15) is 0 Å². The fourth-order valence-corrected chi connectivity index (χ4v) is 6.35. The largest absolute Gasteiger partial charge is 0.396 e. The number of carbonyl (C=O) groups excluding carboxylic acids is 1. The van der Waals surface area contributed by atoms with Crippen LogP contribution in [0.1, 0.15) is 54.7 Å². The van der Waals surface area contributed by atoms with E-state index in [-0.39, 0.29) is 12.5 Å². The minimum atomic E-state index is -0.0145. The predicted molar refractivity (Wildman–Crippen MR) is 98.9 cm³/mol. The first-order valence-electron chi connectivity index (χ1n) is 10.0. The number of carbonyl (C=O) groups is 1. The Hall–Kier alpha value is -1.88. The monoisotopic (exact) mass is 353 g/mol. The first-order chi connectivity index (χ1) is 12.6. The van der Waals surface area contributed by atoms with Crippen LogP contribution >= 0.6 is 0 Å². The van der Waals surface area contributed by atoms with E-state index in [2.05, 4.69) is 10.3 Å². The molecule has 5 heteroatoms. The number of rotatable bonds is 5. The summed E-state index contributed by atoms with van der Waals surface area (Å²) in [6.45, 7) is 0.876. The fourth-order valence-electron chi connectivity index (χ4n) is 6.35. The van der Waals surface area contributed by atoms with Gasteiger partial charge in [-0.3, -0.25) is 9.20 Å². The Labute approximate surface area is 153 Å². The van der Waals surface area contributed by atoms with Gasteiger partial charge in [0.2, 0.25) is 0 Å². The molecule has 1 amide bonds. The lowest BCUT2D eigenvalue weighted by Gasteiger charge is -2.56. The van der Waals surface area contributed by atoms with Crippen LogP contribution in [-0.2, 0) is 6.42 Å². The zero-order chi connectivity index (χ0) is 17.7. The molecular weight excluding hydrogens is 326 g/mol. The van der Waals surface area contributed by atoms with Crippen molar-refractivity contribution in [1.82, 2.24) is 14.7 Å². The maximum Gasteiger partial charge on any atom is 0.268 e. The smallest absolute Gasteiger partial charge is 0.268 e. The number of aromatic nitrogens is 2. The highest BCUT2D eigenvalue weighted by Crippen LogP contribution is 2.59. The molecule has 4 bridgehead atoms. The van der Waals surface area contributed by atoms with E-state index in [1.54, 1.807) is 0 Å². The number of fused-ring (bicyclic) bond motifs is 1. The Bertz CT molecular complexity index is 806. The molecule has 138 valence electrons. The number of amides is 1. The summed E-state index contributed by atoms with van der Waals surface area (Å²) in [5.41, 5.74) is 2.55. The summed E-state index contributed by atoms with van der Waals surface area (Å²) in [5, 5.41) is 12.4. The van der Waals surface area contributed by atoms with Crippen molar-refractivity contribution in [3.8, 4) is 0 Å². The number of aliphatic hydroxyl groups is 1. The summed E-state index contributed by atoms with van der Waals surface area (Å²) in [5.74, 6) is 2.68. The second-order valence-corrected chi connectivity index (χ2v) is 8.95. The molecule has 4 fully saturated rings. The summed E-state index contributed by atoms with van der Waals surface area (Å²) in [7, 11) is 0. The van der Waals surface area contributed by atoms with E-state index in [1.807, 2.05) is 28.8 Å². The van der Waals surface area contributed by atoms with Crippen molar-refractivity contribution in [1.29, 1.82) is 0 Å². The Morgan fingerprint density at radius 2 is 1.88 bits per heavy atom. The quantitative estimate of drug-likeness (QED) is 0.869. The molecule has 4 aliphatic rings. The lowest BCUT2D eigenvalue weighted by molar-refractivity contribution is -0.0503. The number of hydrogen-bond acceptors (Lipinski definition) is 3.